The smallest absolute Gasteiger partial charge is 0.194 e. The molecule has 0 unspecified atom stereocenters. The van der Waals surface area contributed by atoms with Crippen molar-refractivity contribution in [2.75, 3.05) is 52.9 Å². The van der Waals surface area contributed by atoms with E-state index in [1.807, 2.05) is 0 Å². The monoisotopic (exact) mass is 371 g/mol. The zero-order valence-electron chi connectivity index (χ0n) is 17.7. The molecule has 1 aromatic carbocycles. The van der Waals surface area contributed by atoms with Crippen LogP contribution in [-0.4, -0.2) is 73.5 Å². The first-order chi connectivity index (χ1) is 12.9. The Morgan fingerprint density at radius 3 is 2.30 bits per heavy atom. The molecule has 0 aromatic heterocycles. The minimum Gasteiger partial charge on any atom is -0.357 e. The Hall–Kier alpha value is -1.59. The van der Waals surface area contributed by atoms with Gasteiger partial charge in [0.1, 0.15) is 0 Å². The largest absolute Gasteiger partial charge is 0.357 e. The maximum atomic E-state index is 4.90. The van der Waals surface area contributed by atoms with Gasteiger partial charge in [0.25, 0.3) is 0 Å². The number of likely N-dealkylation sites (tertiary alicyclic amines) is 1. The number of rotatable bonds is 5. The van der Waals surface area contributed by atoms with E-state index in [4.69, 9.17) is 4.99 Å². The van der Waals surface area contributed by atoms with Crippen molar-refractivity contribution in [2.45, 2.75) is 40.3 Å². The van der Waals surface area contributed by atoms with E-state index in [1.165, 1.54) is 43.7 Å². The molecular formula is C22H37N5. The Balaban J connectivity index is 1.55. The molecule has 2 heterocycles. The van der Waals surface area contributed by atoms with E-state index in [0.29, 0.717) is 5.41 Å². The first-order valence-electron chi connectivity index (χ1n) is 10.5. The van der Waals surface area contributed by atoms with E-state index in [9.17, 15) is 0 Å². The van der Waals surface area contributed by atoms with Crippen molar-refractivity contribution >= 4 is 5.96 Å². The van der Waals surface area contributed by atoms with Crippen LogP contribution in [0.2, 0.25) is 0 Å². The van der Waals surface area contributed by atoms with Gasteiger partial charge < -0.3 is 15.1 Å². The highest BCUT2D eigenvalue weighted by Gasteiger charge is 2.30. The molecule has 0 radical (unpaired) electrons. The third kappa shape index (κ3) is 5.94. The standard InChI is InChI=1S/C22H37N5/c1-5-23-21(27-11-10-22(2,3)18-27)24-16-19-6-8-20(9-7-19)17-26-14-12-25(4)13-15-26/h6-9H,5,10-18H2,1-4H3,(H,23,24). The summed E-state index contributed by atoms with van der Waals surface area (Å²) in [7, 11) is 2.21. The van der Waals surface area contributed by atoms with Crippen molar-refractivity contribution in [1.82, 2.24) is 20.0 Å². The lowest BCUT2D eigenvalue weighted by Crippen LogP contribution is -2.43. The van der Waals surface area contributed by atoms with Crippen LogP contribution in [-0.2, 0) is 13.1 Å². The van der Waals surface area contributed by atoms with Gasteiger partial charge in [0.05, 0.1) is 6.54 Å². The molecule has 150 valence electrons. The van der Waals surface area contributed by atoms with Crippen LogP contribution in [0.3, 0.4) is 0 Å². The summed E-state index contributed by atoms with van der Waals surface area (Å²) in [5, 5.41) is 3.47. The quantitative estimate of drug-likeness (QED) is 0.637. The van der Waals surface area contributed by atoms with Crippen molar-refractivity contribution in [1.29, 1.82) is 0 Å². The molecule has 2 aliphatic heterocycles. The maximum Gasteiger partial charge on any atom is 0.194 e. The first-order valence-corrected chi connectivity index (χ1v) is 10.5. The minimum atomic E-state index is 0.390. The Morgan fingerprint density at radius 2 is 1.70 bits per heavy atom. The second-order valence-electron chi connectivity index (χ2n) is 8.90. The lowest BCUT2D eigenvalue weighted by Gasteiger charge is -2.32. The van der Waals surface area contributed by atoms with E-state index in [1.54, 1.807) is 0 Å². The van der Waals surface area contributed by atoms with Crippen LogP contribution in [0.25, 0.3) is 0 Å². The number of benzene rings is 1. The normalized spacial score (nSPS) is 21.6. The Morgan fingerprint density at radius 1 is 1.04 bits per heavy atom. The van der Waals surface area contributed by atoms with E-state index < -0.39 is 0 Å². The van der Waals surface area contributed by atoms with Crippen LogP contribution in [0.4, 0.5) is 0 Å². The molecule has 1 N–H and O–H groups in total. The Labute approximate surface area is 165 Å². The molecule has 2 fully saturated rings. The number of hydrogen-bond donors (Lipinski definition) is 1. The maximum absolute atomic E-state index is 4.90. The Kier molecular flexibility index (Phi) is 6.77. The number of piperazine rings is 1. The molecule has 1 aromatic rings. The summed E-state index contributed by atoms with van der Waals surface area (Å²) in [5.41, 5.74) is 3.08. The second kappa shape index (κ2) is 9.07. The molecule has 0 atom stereocenters. The van der Waals surface area contributed by atoms with Gasteiger partial charge >= 0.3 is 0 Å². The molecule has 5 heteroatoms. The van der Waals surface area contributed by atoms with E-state index >= 15 is 0 Å². The number of guanidine groups is 1. The van der Waals surface area contributed by atoms with Gasteiger partial charge in [-0.25, -0.2) is 4.99 Å². The number of likely N-dealkylation sites (N-methyl/N-ethyl adjacent to an activating group) is 1. The molecule has 0 aliphatic carbocycles. The number of nitrogens with zero attached hydrogens (tertiary/aromatic N) is 4. The van der Waals surface area contributed by atoms with Gasteiger partial charge in [0.15, 0.2) is 5.96 Å². The molecule has 0 spiro atoms. The van der Waals surface area contributed by atoms with Crippen molar-refractivity contribution < 1.29 is 0 Å². The van der Waals surface area contributed by atoms with Crippen molar-refractivity contribution in [3.05, 3.63) is 35.4 Å². The summed E-state index contributed by atoms with van der Waals surface area (Å²) >= 11 is 0. The number of nitrogens with one attached hydrogen (secondary N) is 1. The average Bonchev–Trinajstić information content (AvgIpc) is 3.01. The Bertz CT molecular complexity index is 614. The highest BCUT2D eigenvalue weighted by molar-refractivity contribution is 5.80. The molecule has 0 saturated carbocycles. The summed E-state index contributed by atoms with van der Waals surface area (Å²) in [5.74, 6) is 1.06. The summed E-state index contributed by atoms with van der Waals surface area (Å²) in [6.45, 7) is 16.4. The minimum absolute atomic E-state index is 0.390. The van der Waals surface area contributed by atoms with Crippen LogP contribution in [0.1, 0.15) is 38.3 Å². The van der Waals surface area contributed by atoms with E-state index in [0.717, 1.165) is 38.7 Å². The van der Waals surface area contributed by atoms with Gasteiger partial charge in [0, 0.05) is 52.4 Å². The third-order valence-corrected chi connectivity index (χ3v) is 5.75. The van der Waals surface area contributed by atoms with Crippen LogP contribution in [0, 0.1) is 5.41 Å². The van der Waals surface area contributed by atoms with Crippen LogP contribution >= 0.6 is 0 Å². The van der Waals surface area contributed by atoms with Crippen molar-refractivity contribution in [3.63, 3.8) is 0 Å². The van der Waals surface area contributed by atoms with Gasteiger partial charge in [0.2, 0.25) is 0 Å². The molecular weight excluding hydrogens is 334 g/mol. The number of aliphatic imine (C=N–C) groups is 1. The van der Waals surface area contributed by atoms with Gasteiger partial charge in [-0.1, -0.05) is 38.1 Å². The molecule has 5 nitrogen and oxygen atoms in total. The predicted octanol–water partition coefficient (Wildman–Crippen LogP) is 2.63. The molecule has 27 heavy (non-hydrogen) atoms. The molecule has 0 amide bonds. The van der Waals surface area contributed by atoms with Crippen molar-refractivity contribution in [2.24, 2.45) is 10.4 Å². The van der Waals surface area contributed by atoms with Gasteiger partial charge in [-0.3, -0.25) is 4.90 Å². The zero-order valence-corrected chi connectivity index (χ0v) is 17.7. The summed E-state index contributed by atoms with van der Waals surface area (Å²) in [6.07, 6.45) is 1.23. The lowest BCUT2D eigenvalue weighted by molar-refractivity contribution is 0.148. The summed E-state index contributed by atoms with van der Waals surface area (Å²) in [4.78, 5) is 12.3. The van der Waals surface area contributed by atoms with Crippen LogP contribution in [0.5, 0.6) is 0 Å². The molecule has 3 rings (SSSR count). The molecule has 2 aliphatic rings. The second-order valence-corrected chi connectivity index (χ2v) is 8.90. The van der Waals surface area contributed by atoms with E-state index in [2.05, 4.69) is 72.1 Å². The molecule has 2 saturated heterocycles. The average molecular weight is 372 g/mol. The van der Waals surface area contributed by atoms with Crippen molar-refractivity contribution in [3.8, 4) is 0 Å². The fourth-order valence-corrected chi connectivity index (χ4v) is 3.90. The topological polar surface area (TPSA) is 34.1 Å². The third-order valence-electron chi connectivity index (χ3n) is 5.75. The van der Waals surface area contributed by atoms with Gasteiger partial charge in [-0.15, -0.1) is 0 Å². The van der Waals surface area contributed by atoms with E-state index in [-0.39, 0.29) is 0 Å². The predicted molar refractivity (Wildman–Crippen MR) is 114 cm³/mol. The van der Waals surface area contributed by atoms with Gasteiger partial charge in [-0.05, 0) is 36.9 Å². The highest BCUT2D eigenvalue weighted by atomic mass is 15.3. The fraction of sp³-hybridized carbons (Fsp3) is 0.682. The van der Waals surface area contributed by atoms with Crippen LogP contribution < -0.4 is 5.32 Å². The summed E-state index contributed by atoms with van der Waals surface area (Å²) in [6, 6.07) is 9.03. The highest BCUT2D eigenvalue weighted by Crippen LogP contribution is 2.28. The summed E-state index contributed by atoms with van der Waals surface area (Å²) < 4.78 is 0. The lowest BCUT2D eigenvalue weighted by atomic mass is 9.93. The first kappa shape index (κ1) is 20.2. The number of hydrogen-bond acceptors (Lipinski definition) is 3. The molecule has 0 bridgehead atoms. The fourth-order valence-electron chi connectivity index (χ4n) is 3.90. The SMILES string of the molecule is CCNC(=NCc1ccc(CN2CCN(C)CC2)cc1)N1CCC(C)(C)C1. The van der Waals surface area contributed by atoms with Gasteiger partial charge in [-0.2, -0.15) is 0 Å². The zero-order chi connectivity index (χ0) is 19.3. The van der Waals surface area contributed by atoms with Crippen LogP contribution in [0.15, 0.2) is 29.3 Å².